The normalized spacial score (nSPS) is 17.7. The van der Waals surface area contributed by atoms with Crippen molar-refractivity contribution < 1.29 is 18.4 Å². The van der Waals surface area contributed by atoms with Gasteiger partial charge in [-0.1, -0.05) is 16.8 Å². The van der Waals surface area contributed by atoms with E-state index in [0.717, 1.165) is 0 Å². The topological polar surface area (TPSA) is 114 Å². The van der Waals surface area contributed by atoms with E-state index in [4.69, 9.17) is 27.3 Å². The van der Waals surface area contributed by atoms with Gasteiger partial charge in [0.25, 0.3) is 0 Å². The van der Waals surface area contributed by atoms with Crippen LogP contribution in [0.25, 0.3) is 0 Å². The second kappa shape index (κ2) is 6.50. The number of hydrogen-bond donors (Lipinski definition) is 3. The average Bonchev–Trinajstić information content (AvgIpc) is 2.49. The summed E-state index contributed by atoms with van der Waals surface area (Å²) in [5.74, 6) is -0.127. The zero-order valence-corrected chi connectivity index (χ0v) is 12.7. The van der Waals surface area contributed by atoms with Crippen LogP contribution < -0.4 is 10.5 Å². The molecule has 1 heterocycles. The van der Waals surface area contributed by atoms with Gasteiger partial charge in [-0.3, -0.25) is 4.72 Å². The summed E-state index contributed by atoms with van der Waals surface area (Å²) in [5, 5.41) is 11.3. The molecule has 9 heteroatoms. The number of rotatable bonds is 4. The van der Waals surface area contributed by atoms with Gasteiger partial charge in [0.15, 0.2) is 5.84 Å². The van der Waals surface area contributed by atoms with Gasteiger partial charge in [-0.15, -0.1) is 0 Å². The molecule has 0 aliphatic carbocycles. The Morgan fingerprint density at radius 1 is 1.43 bits per heavy atom. The van der Waals surface area contributed by atoms with Crippen LogP contribution in [0.1, 0.15) is 18.4 Å². The first kappa shape index (κ1) is 15.9. The Kier molecular flexibility index (Phi) is 4.92. The van der Waals surface area contributed by atoms with E-state index in [1.165, 1.54) is 18.2 Å². The lowest BCUT2D eigenvalue weighted by Crippen LogP contribution is -2.33. The number of hydrogen-bond acceptors (Lipinski definition) is 5. The monoisotopic (exact) mass is 333 g/mol. The molecule has 0 bridgehead atoms. The number of benzene rings is 1. The molecule has 0 aromatic heterocycles. The summed E-state index contributed by atoms with van der Waals surface area (Å²) < 4.78 is 32.3. The first-order valence-electron chi connectivity index (χ1n) is 6.31. The van der Waals surface area contributed by atoms with Crippen LogP contribution in [0.5, 0.6) is 0 Å². The number of nitrogens with two attached hydrogens (primary N) is 1. The maximum atomic E-state index is 12.3. The van der Waals surface area contributed by atoms with Gasteiger partial charge in [-0.05, 0) is 31.0 Å². The quantitative estimate of drug-likeness (QED) is 0.333. The standard InChI is InChI=1S/C12H16ClN3O4S/c13-10-2-1-8(12(14)15-17)7-11(10)16-21(18,19)9-3-5-20-6-4-9/h1-2,7,9,16-17H,3-6H2,(H2,14,15). The lowest BCUT2D eigenvalue weighted by molar-refractivity contribution is 0.0984. The van der Waals surface area contributed by atoms with E-state index in [1.807, 2.05) is 0 Å². The third-order valence-electron chi connectivity index (χ3n) is 3.23. The van der Waals surface area contributed by atoms with Crippen molar-refractivity contribution >= 4 is 33.1 Å². The van der Waals surface area contributed by atoms with E-state index in [2.05, 4.69) is 9.88 Å². The third kappa shape index (κ3) is 3.78. The Bertz CT molecular complexity index is 642. The molecule has 1 aliphatic heterocycles. The molecule has 2 rings (SSSR count). The number of anilines is 1. The van der Waals surface area contributed by atoms with Crippen molar-refractivity contribution in [2.75, 3.05) is 17.9 Å². The van der Waals surface area contributed by atoms with E-state index in [0.29, 0.717) is 31.6 Å². The number of oxime groups is 1. The number of sulfonamides is 1. The van der Waals surface area contributed by atoms with Crippen LogP contribution in [-0.2, 0) is 14.8 Å². The second-order valence-electron chi connectivity index (χ2n) is 4.64. The first-order chi connectivity index (χ1) is 9.94. The zero-order chi connectivity index (χ0) is 15.5. The molecule has 0 amide bonds. The van der Waals surface area contributed by atoms with Gasteiger partial charge in [-0.25, -0.2) is 8.42 Å². The minimum absolute atomic E-state index is 0.127. The molecular formula is C12H16ClN3O4S. The maximum absolute atomic E-state index is 12.3. The Labute approximate surface area is 127 Å². The fourth-order valence-electron chi connectivity index (χ4n) is 2.04. The summed E-state index contributed by atoms with van der Waals surface area (Å²) in [6.45, 7) is 0.840. The summed E-state index contributed by atoms with van der Waals surface area (Å²) >= 11 is 5.99. The molecule has 1 aromatic rings. The van der Waals surface area contributed by atoms with Gasteiger partial charge in [0.05, 0.1) is 16.0 Å². The van der Waals surface area contributed by atoms with Crippen LogP contribution in [0.2, 0.25) is 5.02 Å². The van der Waals surface area contributed by atoms with Crippen LogP contribution in [0, 0.1) is 0 Å². The second-order valence-corrected chi connectivity index (χ2v) is 7.01. The van der Waals surface area contributed by atoms with Gasteiger partial charge in [0, 0.05) is 18.8 Å². The molecule has 1 aromatic carbocycles. The highest BCUT2D eigenvalue weighted by Gasteiger charge is 2.28. The van der Waals surface area contributed by atoms with E-state index in [9.17, 15) is 8.42 Å². The predicted octanol–water partition coefficient (Wildman–Crippen LogP) is 1.36. The van der Waals surface area contributed by atoms with Crippen molar-refractivity contribution in [3.63, 3.8) is 0 Å². The molecule has 7 nitrogen and oxygen atoms in total. The number of nitrogens with zero attached hydrogens (tertiary/aromatic N) is 1. The fraction of sp³-hybridized carbons (Fsp3) is 0.417. The van der Waals surface area contributed by atoms with Gasteiger partial charge < -0.3 is 15.7 Å². The third-order valence-corrected chi connectivity index (χ3v) is 5.41. The van der Waals surface area contributed by atoms with E-state index < -0.39 is 15.3 Å². The van der Waals surface area contributed by atoms with Crippen molar-refractivity contribution in [3.05, 3.63) is 28.8 Å². The molecule has 1 aliphatic rings. The molecular weight excluding hydrogens is 318 g/mol. The summed E-state index contributed by atoms with van der Waals surface area (Å²) in [6, 6.07) is 4.44. The molecule has 116 valence electrons. The molecule has 0 atom stereocenters. The Balaban J connectivity index is 2.25. The molecule has 0 spiro atoms. The van der Waals surface area contributed by atoms with Crippen molar-refractivity contribution in [2.45, 2.75) is 18.1 Å². The Morgan fingerprint density at radius 3 is 2.71 bits per heavy atom. The van der Waals surface area contributed by atoms with Crippen LogP contribution in [-0.4, -0.2) is 37.9 Å². The van der Waals surface area contributed by atoms with Gasteiger partial charge in [0.1, 0.15) is 0 Å². The summed E-state index contributed by atoms with van der Waals surface area (Å²) in [6.07, 6.45) is 0.875. The van der Waals surface area contributed by atoms with Crippen LogP contribution in [0.15, 0.2) is 23.4 Å². The molecule has 1 saturated heterocycles. The minimum Gasteiger partial charge on any atom is -0.409 e. The molecule has 21 heavy (non-hydrogen) atoms. The van der Waals surface area contributed by atoms with Crippen molar-refractivity contribution in [2.24, 2.45) is 10.9 Å². The predicted molar refractivity (Wildman–Crippen MR) is 80.3 cm³/mol. The van der Waals surface area contributed by atoms with Crippen LogP contribution >= 0.6 is 11.6 Å². The van der Waals surface area contributed by atoms with Crippen molar-refractivity contribution in [1.82, 2.24) is 0 Å². The number of halogens is 1. The van der Waals surface area contributed by atoms with Crippen LogP contribution in [0.4, 0.5) is 5.69 Å². The van der Waals surface area contributed by atoms with Crippen molar-refractivity contribution in [1.29, 1.82) is 0 Å². The lowest BCUT2D eigenvalue weighted by Gasteiger charge is -2.23. The van der Waals surface area contributed by atoms with Gasteiger partial charge >= 0.3 is 0 Å². The zero-order valence-electron chi connectivity index (χ0n) is 11.1. The molecule has 1 fully saturated rings. The smallest absolute Gasteiger partial charge is 0.235 e. The fourth-order valence-corrected chi connectivity index (χ4v) is 3.72. The number of ether oxygens (including phenoxy) is 1. The SMILES string of the molecule is N/C(=N/O)c1ccc(Cl)c(NS(=O)(=O)C2CCOCC2)c1. The molecule has 4 N–H and O–H groups in total. The van der Waals surface area contributed by atoms with Gasteiger partial charge in [-0.2, -0.15) is 0 Å². The average molecular weight is 334 g/mol. The van der Waals surface area contributed by atoms with Crippen LogP contribution in [0.3, 0.4) is 0 Å². The molecule has 0 unspecified atom stereocenters. The highest BCUT2D eigenvalue weighted by Crippen LogP contribution is 2.26. The summed E-state index contributed by atoms with van der Waals surface area (Å²) in [5.41, 5.74) is 6.05. The number of amidine groups is 1. The highest BCUT2D eigenvalue weighted by atomic mass is 35.5. The largest absolute Gasteiger partial charge is 0.409 e. The van der Waals surface area contributed by atoms with E-state index in [1.54, 1.807) is 0 Å². The number of nitrogens with one attached hydrogen (secondary N) is 1. The first-order valence-corrected chi connectivity index (χ1v) is 8.23. The van der Waals surface area contributed by atoms with Gasteiger partial charge in [0.2, 0.25) is 10.0 Å². The Hall–Kier alpha value is -1.51. The highest BCUT2D eigenvalue weighted by molar-refractivity contribution is 7.93. The molecule has 0 saturated carbocycles. The maximum Gasteiger partial charge on any atom is 0.235 e. The van der Waals surface area contributed by atoms with E-state index >= 15 is 0 Å². The van der Waals surface area contributed by atoms with E-state index in [-0.39, 0.29) is 16.5 Å². The lowest BCUT2D eigenvalue weighted by atomic mass is 10.2. The summed E-state index contributed by atoms with van der Waals surface area (Å²) in [7, 11) is -3.57. The molecule has 0 radical (unpaired) electrons. The Morgan fingerprint density at radius 2 is 2.10 bits per heavy atom. The summed E-state index contributed by atoms with van der Waals surface area (Å²) in [4.78, 5) is 0. The van der Waals surface area contributed by atoms with Crippen molar-refractivity contribution in [3.8, 4) is 0 Å². The minimum atomic E-state index is -3.57.